The standard InChI is InChI=1S/Fe.Mg.H2O4S/c;;1-5(2,3)4/h;;(H2,1,2,3,4). The van der Waals surface area contributed by atoms with E-state index in [2.05, 4.69) is 0 Å². The maximum atomic E-state index is 8.74. The molecule has 0 aromatic carbocycles. The molecular weight excluding hydrogens is 176 g/mol. The average Bonchev–Trinajstić information content (AvgIpc) is 0.722. The van der Waals surface area contributed by atoms with Gasteiger partial charge in [0, 0.05) is 40.1 Å². The predicted octanol–water partition coefficient (Wildman–Crippen LogP) is -1.04. The van der Waals surface area contributed by atoms with Crippen molar-refractivity contribution in [1.29, 1.82) is 0 Å². The van der Waals surface area contributed by atoms with Crippen molar-refractivity contribution in [2.75, 3.05) is 0 Å². The Hall–Kier alpha value is 1.16. The fraction of sp³-hybridized carbons (Fsp3) is 0. The smallest absolute Gasteiger partial charge is 0.264 e. The summed E-state index contributed by atoms with van der Waals surface area (Å²) in [4.78, 5) is 0. The molecule has 0 fully saturated rings. The van der Waals surface area contributed by atoms with E-state index in [-0.39, 0.29) is 40.1 Å². The first-order chi connectivity index (χ1) is 2.00. The summed E-state index contributed by atoms with van der Waals surface area (Å²) in [5.41, 5.74) is 0. The van der Waals surface area contributed by atoms with Crippen molar-refractivity contribution in [3.63, 3.8) is 0 Å². The summed E-state index contributed by atoms with van der Waals surface area (Å²) in [7, 11) is -4.67. The molecule has 0 rings (SSSR count). The van der Waals surface area contributed by atoms with Crippen LogP contribution in [-0.2, 0) is 27.5 Å². The van der Waals surface area contributed by atoms with E-state index in [1.807, 2.05) is 0 Å². The third-order valence-electron chi connectivity index (χ3n) is 0. The summed E-state index contributed by atoms with van der Waals surface area (Å²) < 4.78 is 31.6. The molecule has 0 amide bonds. The molecule has 0 aliphatic carbocycles. The molecule has 7 heavy (non-hydrogen) atoms. The first-order valence-corrected chi connectivity index (χ1v) is 2.10. The molecule has 0 bridgehead atoms. The average molecular weight is 178 g/mol. The molecule has 0 spiro atoms. The number of hydrogen-bond acceptors (Lipinski definition) is 2. The van der Waals surface area contributed by atoms with Crippen LogP contribution in [-0.4, -0.2) is 40.6 Å². The van der Waals surface area contributed by atoms with Crippen LogP contribution < -0.4 is 0 Å². The molecule has 0 unspecified atom stereocenters. The Balaban J connectivity index is -0.0000000800. The van der Waals surface area contributed by atoms with Gasteiger partial charge in [0.15, 0.2) is 0 Å². The monoisotopic (exact) mass is 178 g/mol. The van der Waals surface area contributed by atoms with E-state index in [4.69, 9.17) is 17.5 Å². The Kier molecular flexibility index (Phi) is 11.9. The fourth-order valence-electron chi connectivity index (χ4n) is 0. The van der Waals surface area contributed by atoms with Crippen LogP contribution in [0.25, 0.3) is 0 Å². The zero-order valence-electron chi connectivity index (χ0n) is 3.18. The molecule has 0 aliphatic heterocycles. The predicted molar refractivity (Wildman–Crippen MR) is 19.9 cm³/mol. The van der Waals surface area contributed by atoms with Gasteiger partial charge in [-0.15, -0.1) is 0 Å². The minimum absolute atomic E-state index is 0. The van der Waals surface area contributed by atoms with Crippen LogP contribution in [0.4, 0.5) is 0 Å². The van der Waals surface area contributed by atoms with Crippen LogP contribution in [0.2, 0.25) is 0 Å². The van der Waals surface area contributed by atoms with Crippen molar-refractivity contribution in [3.05, 3.63) is 0 Å². The van der Waals surface area contributed by atoms with Gasteiger partial charge in [-0.05, 0) is 0 Å². The van der Waals surface area contributed by atoms with Gasteiger partial charge < -0.3 is 0 Å². The van der Waals surface area contributed by atoms with Gasteiger partial charge in [-0.25, -0.2) is 0 Å². The number of hydrogen-bond donors (Lipinski definition) is 2. The largest absolute Gasteiger partial charge is 0.394 e. The van der Waals surface area contributed by atoms with Crippen molar-refractivity contribution in [2.45, 2.75) is 0 Å². The van der Waals surface area contributed by atoms with Crippen LogP contribution in [0.3, 0.4) is 0 Å². The van der Waals surface area contributed by atoms with Crippen LogP contribution in [0.15, 0.2) is 0 Å². The Morgan fingerprint density at radius 2 is 1.14 bits per heavy atom. The van der Waals surface area contributed by atoms with Crippen LogP contribution in [0.5, 0.6) is 0 Å². The molecular formula is H2FeMgO4S. The normalized spacial score (nSPS) is 8.29. The molecule has 2 N–H and O–H groups in total. The summed E-state index contributed by atoms with van der Waals surface area (Å²) in [6, 6.07) is 0. The van der Waals surface area contributed by atoms with Gasteiger partial charge in [-0.3, -0.25) is 9.11 Å². The van der Waals surface area contributed by atoms with Crippen LogP contribution >= 0.6 is 0 Å². The third kappa shape index (κ3) is 142. The van der Waals surface area contributed by atoms with E-state index in [0.29, 0.717) is 0 Å². The molecule has 0 aromatic rings. The minimum Gasteiger partial charge on any atom is -0.264 e. The van der Waals surface area contributed by atoms with Gasteiger partial charge in [0.05, 0.1) is 0 Å². The SMILES string of the molecule is O=S(=O)(O)O.[Fe].[Mg]. The summed E-state index contributed by atoms with van der Waals surface area (Å²) in [6.07, 6.45) is 0. The van der Waals surface area contributed by atoms with Gasteiger partial charge in [-0.2, -0.15) is 8.42 Å². The van der Waals surface area contributed by atoms with Gasteiger partial charge in [0.1, 0.15) is 0 Å². The minimum atomic E-state index is -4.67. The molecule has 0 heterocycles. The first-order valence-electron chi connectivity index (χ1n) is 0.698. The van der Waals surface area contributed by atoms with Gasteiger partial charge in [-0.1, -0.05) is 0 Å². The molecule has 2 radical (unpaired) electrons. The number of rotatable bonds is 0. The van der Waals surface area contributed by atoms with E-state index in [1.54, 1.807) is 0 Å². The quantitative estimate of drug-likeness (QED) is 0.367. The third-order valence-corrected chi connectivity index (χ3v) is 0. The van der Waals surface area contributed by atoms with Gasteiger partial charge in [0.25, 0.3) is 0 Å². The van der Waals surface area contributed by atoms with Crippen molar-refractivity contribution in [1.82, 2.24) is 0 Å². The van der Waals surface area contributed by atoms with Crippen molar-refractivity contribution in [3.8, 4) is 0 Å². The van der Waals surface area contributed by atoms with E-state index >= 15 is 0 Å². The van der Waals surface area contributed by atoms with Gasteiger partial charge >= 0.3 is 10.4 Å². The Morgan fingerprint density at radius 1 is 1.14 bits per heavy atom. The van der Waals surface area contributed by atoms with E-state index in [0.717, 1.165) is 0 Å². The summed E-state index contributed by atoms with van der Waals surface area (Å²) in [6.45, 7) is 0. The zero-order valence-corrected chi connectivity index (χ0v) is 6.51. The fourth-order valence-corrected chi connectivity index (χ4v) is 0. The van der Waals surface area contributed by atoms with E-state index in [1.165, 1.54) is 0 Å². The molecule has 0 aliphatic rings. The van der Waals surface area contributed by atoms with Crippen LogP contribution in [0, 0.1) is 0 Å². The van der Waals surface area contributed by atoms with Gasteiger partial charge in [0.2, 0.25) is 0 Å². The second-order valence-corrected chi connectivity index (χ2v) is 1.34. The summed E-state index contributed by atoms with van der Waals surface area (Å²) >= 11 is 0. The maximum absolute atomic E-state index is 8.74. The zero-order chi connectivity index (χ0) is 4.50. The van der Waals surface area contributed by atoms with E-state index < -0.39 is 10.4 Å². The molecule has 0 aromatic heterocycles. The van der Waals surface area contributed by atoms with Crippen molar-refractivity contribution in [2.24, 2.45) is 0 Å². The Bertz CT molecular complexity index is 94.9. The maximum Gasteiger partial charge on any atom is 0.394 e. The summed E-state index contributed by atoms with van der Waals surface area (Å²) in [5, 5.41) is 0. The van der Waals surface area contributed by atoms with Crippen molar-refractivity contribution >= 4 is 33.5 Å². The Morgan fingerprint density at radius 3 is 1.14 bits per heavy atom. The first kappa shape index (κ1) is 15.7. The molecule has 7 heteroatoms. The molecule has 0 saturated carbocycles. The second-order valence-electron chi connectivity index (χ2n) is 0.448. The topological polar surface area (TPSA) is 74.6 Å². The van der Waals surface area contributed by atoms with E-state index in [9.17, 15) is 0 Å². The molecule has 0 saturated heterocycles. The molecule has 0 atom stereocenters. The summed E-state index contributed by atoms with van der Waals surface area (Å²) in [5.74, 6) is 0. The molecule has 42 valence electrons. The Labute approximate surface area is 67.9 Å². The van der Waals surface area contributed by atoms with Crippen LogP contribution in [0.1, 0.15) is 0 Å². The molecule has 4 nitrogen and oxygen atoms in total. The van der Waals surface area contributed by atoms with Crippen molar-refractivity contribution < 1.29 is 34.6 Å². The second kappa shape index (κ2) is 5.30.